The summed E-state index contributed by atoms with van der Waals surface area (Å²) in [4.78, 5) is 34.2. The van der Waals surface area contributed by atoms with Crippen LogP contribution in [0, 0.1) is 11.8 Å². The fourth-order valence-corrected chi connectivity index (χ4v) is 1.39. The predicted molar refractivity (Wildman–Crippen MR) is 74.6 cm³/mol. The van der Waals surface area contributed by atoms with E-state index in [1.165, 1.54) is 0 Å². The Morgan fingerprint density at radius 2 is 1.47 bits per heavy atom. The molecule has 2 amide bonds. The Morgan fingerprint density at radius 1 is 0.842 bits per heavy atom. The Morgan fingerprint density at radius 3 is 2.00 bits per heavy atom. The van der Waals surface area contributed by atoms with Gasteiger partial charge in [-0.25, -0.2) is 0 Å². The van der Waals surface area contributed by atoms with Gasteiger partial charge in [0.2, 0.25) is 11.8 Å². The van der Waals surface area contributed by atoms with Crippen molar-refractivity contribution in [3.63, 3.8) is 0 Å². The van der Waals surface area contributed by atoms with E-state index in [4.69, 9.17) is 0 Å². The molecule has 0 heterocycles. The molecule has 0 aliphatic carbocycles. The number of carbonyl (C=O) groups is 3. The lowest BCUT2D eigenvalue weighted by Crippen LogP contribution is -2.31. The number of rotatable bonds is 9. The summed E-state index contributed by atoms with van der Waals surface area (Å²) < 4.78 is 0. The number of ketones is 1. The van der Waals surface area contributed by atoms with Gasteiger partial charge in [-0.1, -0.05) is 27.7 Å². The lowest BCUT2D eigenvalue weighted by atomic mass is 10.1. The summed E-state index contributed by atoms with van der Waals surface area (Å²) >= 11 is 0. The van der Waals surface area contributed by atoms with Crippen LogP contribution in [-0.4, -0.2) is 30.7 Å². The van der Waals surface area contributed by atoms with Crippen LogP contribution in [0.2, 0.25) is 0 Å². The molecule has 5 heteroatoms. The fraction of sp³-hybridized carbons (Fsp3) is 0.786. The van der Waals surface area contributed by atoms with Crippen molar-refractivity contribution in [1.82, 2.24) is 10.6 Å². The van der Waals surface area contributed by atoms with Crippen molar-refractivity contribution in [3.05, 3.63) is 0 Å². The summed E-state index contributed by atoms with van der Waals surface area (Å²) in [5.74, 6) is 0.326. The van der Waals surface area contributed by atoms with Crippen LogP contribution in [0.1, 0.15) is 47.0 Å². The number of Topliss-reactive ketones (excluding diaryl/α,β-unsaturated/α-hetero) is 1. The third kappa shape index (κ3) is 11.4. The van der Waals surface area contributed by atoms with Gasteiger partial charge >= 0.3 is 0 Å². The standard InChI is InChI=1S/C14H26N2O3/c1-10(2)7-14(19)16-9-12(17)5-6-13(18)15-8-11(3)4/h10-11H,5-9H2,1-4H3,(H,15,18)(H,16,19). The van der Waals surface area contributed by atoms with Gasteiger partial charge in [-0.2, -0.15) is 0 Å². The summed E-state index contributed by atoms with van der Waals surface area (Å²) in [6.07, 6.45) is 0.777. The summed E-state index contributed by atoms with van der Waals surface area (Å²) in [7, 11) is 0. The Hall–Kier alpha value is -1.39. The van der Waals surface area contributed by atoms with Gasteiger partial charge < -0.3 is 10.6 Å². The molecule has 0 rings (SSSR count). The van der Waals surface area contributed by atoms with E-state index < -0.39 is 0 Å². The van der Waals surface area contributed by atoms with Crippen LogP contribution in [0.4, 0.5) is 0 Å². The second-order valence-electron chi connectivity index (χ2n) is 5.61. The lowest BCUT2D eigenvalue weighted by Gasteiger charge is -2.08. The van der Waals surface area contributed by atoms with Crippen LogP contribution < -0.4 is 10.6 Å². The molecule has 5 nitrogen and oxygen atoms in total. The smallest absolute Gasteiger partial charge is 0.220 e. The van der Waals surface area contributed by atoms with E-state index in [2.05, 4.69) is 10.6 Å². The molecule has 0 spiro atoms. The zero-order valence-electron chi connectivity index (χ0n) is 12.4. The second kappa shape index (κ2) is 9.53. The molecule has 0 unspecified atom stereocenters. The van der Waals surface area contributed by atoms with Crippen molar-refractivity contribution >= 4 is 17.6 Å². The Kier molecular flexibility index (Phi) is 8.83. The molecule has 0 aliphatic heterocycles. The molecule has 0 aliphatic rings. The number of carbonyl (C=O) groups excluding carboxylic acids is 3. The SMILES string of the molecule is CC(C)CNC(=O)CCC(=O)CNC(=O)CC(C)C. The van der Waals surface area contributed by atoms with Gasteiger partial charge in [0.05, 0.1) is 6.54 Å². The quantitative estimate of drug-likeness (QED) is 0.662. The second-order valence-corrected chi connectivity index (χ2v) is 5.61. The van der Waals surface area contributed by atoms with E-state index in [0.717, 1.165) is 0 Å². The zero-order valence-corrected chi connectivity index (χ0v) is 12.4. The summed E-state index contributed by atoms with van der Waals surface area (Å²) in [6.45, 7) is 8.55. The van der Waals surface area contributed by atoms with Crippen molar-refractivity contribution in [1.29, 1.82) is 0 Å². The molecule has 0 atom stereocenters. The van der Waals surface area contributed by atoms with Crippen LogP contribution in [0.15, 0.2) is 0 Å². The van der Waals surface area contributed by atoms with Gasteiger partial charge in [0.25, 0.3) is 0 Å². The van der Waals surface area contributed by atoms with Crippen LogP contribution in [0.3, 0.4) is 0 Å². The average molecular weight is 270 g/mol. The van der Waals surface area contributed by atoms with E-state index >= 15 is 0 Å². The minimum Gasteiger partial charge on any atom is -0.356 e. The molecule has 2 N–H and O–H groups in total. The third-order valence-electron chi connectivity index (χ3n) is 2.41. The van der Waals surface area contributed by atoms with E-state index in [1.807, 2.05) is 27.7 Å². The maximum atomic E-state index is 11.5. The summed E-state index contributed by atoms with van der Waals surface area (Å²) in [5, 5.41) is 5.32. The number of hydrogen-bond donors (Lipinski definition) is 2. The van der Waals surface area contributed by atoms with Gasteiger partial charge in [0.15, 0.2) is 5.78 Å². The van der Waals surface area contributed by atoms with Crippen molar-refractivity contribution < 1.29 is 14.4 Å². The maximum absolute atomic E-state index is 11.5. The van der Waals surface area contributed by atoms with Crippen molar-refractivity contribution in [3.8, 4) is 0 Å². The average Bonchev–Trinajstić information content (AvgIpc) is 2.30. The normalized spacial score (nSPS) is 10.6. The summed E-state index contributed by atoms with van der Waals surface area (Å²) in [5.41, 5.74) is 0. The van der Waals surface area contributed by atoms with E-state index in [-0.39, 0.29) is 42.9 Å². The Bertz CT molecular complexity index is 312. The van der Waals surface area contributed by atoms with Crippen LogP contribution in [-0.2, 0) is 14.4 Å². The highest BCUT2D eigenvalue weighted by atomic mass is 16.2. The molecule has 0 saturated carbocycles. The summed E-state index contributed by atoms with van der Waals surface area (Å²) in [6, 6.07) is 0. The largest absolute Gasteiger partial charge is 0.356 e. The number of hydrogen-bond acceptors (Lipinski definition) is 3. The molecule has 0 aromatic carbocycles. The molecule has 0 radical (unpaired) electrons. The molecule has 0 fully saturated rings. The highest BCUT2D eigenvalue weighted by Crippen LogP contribution is 1.98. The monoisotopic (exact) mass is 270 g/mol. The van der Waals surface area contributed by atoms with Crippen LogP contribution in [0.25, 0.3) is 0 Å². The van der Waals surface area contributed by atoms with Gasteiger partial charge in [-0.15, -0.1) is 0 Å². The first-order chi connectivity index (χ1) is 8.81. The third-order valence-corrected chi connectivity index (χ3v) is 2.41. The first-order valence-electron chi connectivity index (χ1n) is 6.86. The van der Waals surface area contributed by atoms with Crippen molar-refractivity contribution in [2.75, 3.05) is 13.1 Å². The topological polar surface area (TPSA) is 75.3 Å². The van der Waals surface area contributed by atoms with Gasteiger partial charge in [0.1, 0.15) is 0 Å². The molecule has 110 valence electrons. The maximum Gasteiger partial charge on any atom is 0.220 e. The van der Waals surface area contributed by atoms with Gasteiger partial charge in [-0.3, -0.25) is 14.4 Å². The first-order valence-corrected chi connectivity index (χ1v) is 6.86. The zero-order chi connectivity index (χ0) is 14.8. The van der Waals surface area contributed by atoms with Gasteiger partial charge in [-0.05, 0) is 11.8 Å². The molecule has 0 aromatic heterocycles. The number of nitrogens with one attached hydrogen (secondary N) is 2. The molecule has 19 heavy (non-hydrogen) atoms. The Labute approximate surface area is 115 Å². The van der Waals surface area contributed by atoms with E-state index in [9.17, 15) is 14.4 Å². The minimum absolute atomic E-state index is 0.0169. The minimum atomic E-state index is -0.118. The van der Waals surface area contributed by atoms with Gasteiger partial charge in [0, 0.05) is 25.8 Å². The highest BCUT2D eigenvalue weighted by molar-refractivity contribution is 5.88. The Balaban J connectivity index is 3.69. The predicted octanol–water partition coefficient (Wildman–Crippen LogP) is 1.27. The number of amides is 2. The van der Waals surface area contributed by atoms with E-state index in [1.54, 1.807) is 0 Å². The van der Waals surface area contributed by atoms with Crippen LogP contribution in [0.5, 0.6) is 0 Å². The lowest BCUT2D eigenvalue weighted by molar-refractivity contribution is -0.127. The molecule has 0 bridgehead atoms. The van der Waals surface area contributed by atoms with Crippen molar-refractivity contribution in [2.24, 2.45) is 11.8 Å². The highest BCUT2D eigenvalue weighted by Gasteiger charge is 2.09. The van der Waals surface area contributed by atoms with Crippen molar-refractivity contribution in [2.45, 2.75) is 47.0 Å². The van der Waals surface area contributed by atoms with Crippen LogP contribution >= 0.6 is 0 Å². The molecule has 0 aromatic rings. The first kappa shape index (κ1) is 17.6. The fourth-order valence-electron chi connectivity index (χ4n) is 1.39. The van der Waals surface area contributed by atoms with E-state index in [0.29, 0.717) is 18.9 Å². The molecule has 0 saturated heterocycles. The molecular weight excluding hydrogens is 244 g/mol. The molecular formula is C14H26N2O3.